The van der Waals surface area contributed by atoms with Crippen LogP contribution in [0.1, 0.15) is 38.5 Å². The molecule has 7 heteroatoms. The van der Waals surface area contributed by atoms with Crippen molar-refractivity contribution < 1.29 is 9.72 Å². The smallest absolute Gasteiger partial charge is 0.358 e. The molecule has 5 rings (SSSR count). The second-order valence-electron chi connectivity index (χ2n) is 7.82. The van der Waals surface area contributed by atoms with Crippen molar-refractivity contribution in [3.8, 4) is 0 Å². The molecule has 23 heavy (non-hydrogen) atoms. The number of rotatable bonds is 5. The van der Waals surface area contributed by atoms with Crippen LogP contribution in [-0.2, 0) is 11.3 Å². The summed E-state index contributed by atoms with van der Waals surface area (Å²) in [6, 6.07) is 1.31. The molecular weight excluding hydrogens is 296 g/mol. The van der Waals surface area contributed by atoms with Crippen molar-refractivity contribution in [1.82, 2.24) is 15.1 Å². The molecule has 1 aromatic heterocycles. The summed E-state index contributed by atoms with van der Waals surface area (Å²) in [5.41, 5.74) is 0.306. The van der Waals surface area contributed by atoms with Gasteiger partial charge in [-0.15, -0.1) is 0 Å². The Hall–Kier alpha value is -1.92. The van der Waals surface area contributed by atoms with Crippen LogP contribution in [0.2, 0.25) is 0 Å². The van der Waals surface area contributed by atoms with Crippen LogP contribution < -0.4 is 5.32 Å². The van der Waals surface area contributed by atoms with E-state index in [2.05, 4.69) is 10.4 Å². The Morgan fingerprint density at radius 2 is 1.91 bits per heavy atom. The second kappa shape index (κ2) is 5.32. The fraction of sp³-hybridized carbons (Fsp3) is 0.750. The van der Waals surface area contributed by atoms with Gasteiger partial charge in [-0.1, -0.05) is 0 Å². The van der Waals surface area contributed by atoms with Crippen molar-refractivity contribution >= 4 is 11.7 Å². The van der Waals surface area contributed by atoms with E-state index in [-0.39, 0.29) is 18.3 Å². The molecule has 1 aromatic rings. The maximum Gasteiger partial charge on any atom is 0.389 e. The third-order valence-corrected chi connectivity index (χ3v) is 5.94. The van der Waals surface area contributed by atoms with E-state index < -0.39 is 4.92 Å². The van der Waals surface area contributed by atoms with E-state index in [1.165, 1.54) is 55.5 Å². The molecule has 0 aliphatic heterocycles. The maximum atomic E-state index is 12.1. The second-order valence-corrected chi connectivity index (χ2v) is 7.82. The maximum absolute atomic E-state index is 12.1. The number of nitrogens with zero attached hydrogens (tertiary/aromatic N) is 3. The molecule has 1 amide bonds. The molecule has 1 heterocycles. The van der Waals surface area contributed by atoms with Crippen LogP contribution in [0.15, 0.2) is 12.3 Å². The van der Waals surface area contributed by atoms with Gasteiger partial charge < -0.3 is 15.4 Å². The lowest BCUT2D eigenvalue weighted by Crippen LogP contribution is -2.51. The summed E-state index contributed by atoms with van der Waals surface area (Å²) in [6.07, 6.45) is 9.42. The van der Waals surface area contributed by atoms with Gasteiger partial charge in [0.05, 0.1) is 17.4 Å². The Labute approximate surface area is 134 Å². The highest BCUT2D eigenvalue weighted by Gasteiger charge is 2.50. The van der Waals surface area contributed by atoms with Gasteiger partial charge in [-0.25, -0.2) is 0 Å². The average molecular weight is 318 g/mol. The summed E-state index contributed by atoms with van der Waals surface area (Å²) >= 11 is 0. The summed E-state index contributed by atoms with van der Waals surface area (Å²) in [5, 5.41) is 17.5. The zero-order valence-corrected chi connectivity index (χ0v) is 13.1. The van der Waals surface area contributed by atoms with Crippen LogP contribution in [-0.4, -0.2) is 27.2 Å². The van der Waals surface area contributed by atoms with Gasteiger partial charge in [0.2, 0.25) is 5.91 Å². The van der Waals surface area contributed by atoms with Crippen molar-refractivity contribution in [3.63, 3.8) is 0 Å². The normalized spacial score (nSPS) is 34.5. The standard InChI is InChI=1S/C16H22N4O3/c21-15(9-19-2-1-14(18-19)20(22)23)17-10-16-6-11-3-12(7-16)5-13(4-11)8-16/h1-2,11-13H,3-10H2,(H,17,21). The van der Waals surface area contributed by atoms with Crippen molar-refractivity contribution in [2.24, 2.45) is 23.2 Å². The number of hydrogen-bond acceptors (Lipinski definition) is 4. The minimum absolute atomic E-state index is 0.0419. The number of carbonyl (C=O) groups is 1. The Kier molecular flexibility index (Phi) is 3.39. The van der Waals surface area contributed by atoms with Crippen LogP contribution in [0.5, 0.6) is 0 Å². The van der Waals surface area contributed by atoms with Crippen LogP contribution in [0.4, 0.5) is 5.82 Å². The van der Waals surface area contributed by atoms with E-state index in [9.17, 15) is 14.9 Å². The fourth-order valence-corrected chi connectivity index (χ4v) is 5.53. The average Bonchev–Trinajstić information content (AvgIpc) is 2.93. The van der Waals surface area contributed by atoms with Crippen LogP contribution in [0, 0.1) is 33.3 Å². The van der Waals surface area contributed by atoms with E-state index in [1.807, 2.05) is 0 Å². The highest BCUT2D eigenvalue weighted by atomic mass is 16.6. The quantitative estimate of drug-likeness (QED) is 0.665. The van der Waals surface area contributed by atoms with Gasteiger partial charge in [-0.3, -0.25) is 4.79 Å². The topological polar surface area (TPSA) is 90.1 Å². The Bertz CT molecular complexity index is 604. The molecule has 7 nitrogen and oxygen atoms in total. The fourth-order valence-electron chi connectivity index (χ4n) is 5.53. The SMILES string of the molecule is O=C(Cn1ccc([N+](=O)[O-])n1)NCC12CC3CC(CC(C3)C1)C2. The Morgan fingerprint density at radius 3 is 2.43 bits per heavy atom. The number of nitrogens with one attached hydrogen (secondary N) is 1. The molecule has 1 N–H and O–H groups in total. The predicted octanol–water partition coefficient (Wildman–Crippen LogP) is 2.12. The summed E-state index contributed by atoms with van der Waals surface area (Å²) in [7, 11) is 0. The van der Waals surface area contributed by atoms with Gasteiger partial charge in [0.25, 0.3) is 0 Å². The third kappa shape index (κ3) is 2.84. The minimum Gasteiger partial charge on any atom is -0.358 e. The number of amides is 1. The number of carbonyl (C=O) groups excluding carboxylic acids is 1. The van der Waals surface area contributed by atoms with Gasteiger partial charge in [-0.2, -0.15) is 4.68 Å². The van der Waals surface area contributed by atoms with E-state index in [4.69, 9.17) is 0 Å². The molecule has 0 atom stereocenters. The van der Waals surface area contributed by atoms with Crippen LogP contribution in [0.25, 0.3) is 0 Å². The molecule has 4 saturated carbocycles. The molecule has 4 aliphatic carbocycles. The molecule has 4 fully saturated rings. The first-order valence-electron chi connectivity index (χ1n) is 8.46. The molecule has 0 saturated heterocycles. The molecule has 0 aromatic carbocycles. The van der Waals surface area contributed by atoms with Crippen LogP contribution >= 0.6 is 0 Å². The molecule has 4 bridgehead atoms. The van der Waals surface area contributed by atoms with E-state index in [0.29, 0.717) is 5.41 Å². The number of hydrogen-bond donors (Lipinski definition) is 1. The summed E-state index contributed by atoms with van der Waals surface area (Å²) in [4.78, 5) is 22.2. The zero-order valence-electron chi connectivity index (χ0n) is 13.1. The monoisotopic (exact) mass is 318 g/mol. The first-order valence-corrected chi connectivity index (χ1v) is 8.46. The molecule has 124 valence electrons. The lowest BCUT2D eigenvalue weighted by Gasteiger charge is -2.56. The van der Waals surface area contributed by atoms with Crippen molar-refractivity contribution in [2.75, 3.05) is 6.54 Å². The summed E-state index contributed by atoms with van der Waals surface area (Å²) in [6.45, 7) is 0.791. The first-order chi connectivity index (χ1) is 11.0. The molecular formula is C16H22N4O3. The van der Waals surface area contributed by atoms with E-state index in [0.717, 1.165) is 24.3 Å². The van der Waals surface area contributed by atoms with Gasteiger partial charge >= 0.3 is 5.82 Å². The molecule has 4 aliphatic rings. The highest BCUT2D eigenvalue weighted by Crippen LogP contribution is 2.59. The largest absolute Gasteiger partial charge is 0.389 e. The van der Waals surface area contributed by atoms with Gasteiger partial charge in [0.15, 0.2) is 0 Å². The van der Waals surface area contributed by atoms with Crippen molar-refractivity contribution in [1.29, 1.82) is 0 Å². The van der Waals surface area contributed by atoms with Gasteiger partial charge in [0, 0.05) is 6.54 Å². The Balaban J connectivity index is 1.33. The number of aromatic nitrogens is 2. The minimum atomic E-state index is -0.552. The van der Waals surface area contributed by atoms with Crippen molar-refractivity contribution in [3.05, 3.63) is 22.4 Å². The molecule has 0 spiro atoms. The first kappa shape index (κ1) is 14.7. The predicted molar refractivity (Wildman–Crippen MR) is 82.5 cm³/mol. The highest BCUT2D eigenvalue weighted by molar-refractivity contribution is 5.75. The molecule has 0 radical (unpaired) electrons. The third-order valence-electron chi connectivity index (χ3n) is 5.94. The van der Waals surface area contributed by atoms with Gasteiger partial charge in [0.1, 0.15) is 6.54 Å². The number of nitro groups is 1. The summed E-state index contributed by atoms with van der Waals surface area (Å²) < 4.78 is 1.33. The zero-order chi connectivity index (χ0) is 16.0. The summed E-state index contributed by atoms with van der Waals surface area (Å²) in [5.74, 6) is 2.27. The molecule has 0 unspecified atom stereocenters. The lowest BCUT2D eigenvalue weighted by atomic mass is 9.49. The van der Waals surface area contributed by atoms with Gasteiger partial charge in [-0.05, 0) is 66.6 Å². The Morgan fingerprint density at radius 1 is 1.30 bits per heavy atom. The van der Waals surface area contributed by atoms with Crippen LogP contribution in [0.3, 0.4) is 0 Å². The van der Waals surface area contributed by atoms with Crippen molar-refractivity contribution in [2.45, 2.75) is 45.1 Å². The van der Waals surface area contributed by atoms with E-state index in [1.54, 1.807) is 0 Å². The lowest BCUT2D eigenvalue weighted by molar-refractivity contribution is -0.389. The van der Waals surface area contributed by atoms with E-state index >= 15 is 0 Å².